The van der Waals surface area contributed by atoms with Gasteiger partial charge in [-0.1, -0.05) is 26.8 Å². The average Bonchev–Trinajstić information content (AvgIpc) is 2.33. The van der Waals surface area contributed by atoms with E-state index in [1.54, 1.807) is 6.07 Å². The van der Waals surface area contributed by atoms with Gasteiger partial charge in [0.15, 0.2) is 0 Å². The number of phenolic OH excluding ortho intramolecular Hbond substituents is 1. The first-order valence-corrected chi connectivity index (χ1v) is 6.66. The van der Waals surface area contributed by atoms with Crippen LogP contribution >= 0.6 is 0 Å². The Hall–Kier alpha value is -1.06. The third kappa shape index (κ3) is 2.25. The molecule has 3 heteroatoms. The Bertz CT molecular complexity index is 429. The van der Waals surface area contributed by atoms with Crippen molar-refractivity contribution in [1.29, 1.82) is 0 Å². The smallest absolute Gasteiger partial charge is 0.115 e. The van der Waals surface area contributed by atoms with Gasteiger partial charge in [-0.25, -0.2) is 0 Å². The Balaban J connectivity index is 2.34. The number of hydrogen-bond donors (Lipinski definition) is 2. The summed E-state index contributed by atoms with van der Waals surface area (Å²) in [5, 5.41) is 9.64. The molecule has 0 aliphatic heterocycles. The Morgan fingerprint density at radius 1 is 1.44 bits per heavy atom. The monoisotopic (exact) mass is 249 g/mol. The predicted molar refractivity (Wildman–Crippen MR) is 72.8 cm³/mol. The van der Waals surface area contributed by atoms with Crippen LogP contribution in [-0.2, 0) is 16.6 Å². The normalized spacial score (nSPS) is 25.8. The molecule has 2 atom stereocenters. The predicted octanol–water partition coefficient (Wildman–Crippen LogP) is 2.35. The van der Waals surface area contributed by atoms with Gasteiger partial charge in [-0.15, -0.1) is 0 Å². The molecule has 1 aromatic rings. The fraction of sp³-hybridized carbons (Fsp3) is 0.600. The van der Waals surface area contributed by atoms with E-state index in [1.165, 1.54) is 5.56 Å². The quantitative estimate of drug-likeness (QED) is 0.864. The first kappa shape index (κ1) is 13.4. The van der Waals surface area contributed by atoms with Crippen LogP contribution in [0, 0.1) is 0 Å². The third-order valence-corrected chi connectivity index (χ3v) is 3.98. The van der Waals surface area contributed by atoms with Gasteiger partial charge in [-0.2, -0.15) is 0 Å². The van der Waals surface area contributed by atoms with Crippen LogP contribution < -0.4 is 5.73 Å². The molecular formula is C15H23NO2. The Kier molecular flexibility index (Phi) is 3.64. The van der Waals surface area contributed by atoms with Gasteiger partial charge in [0, 0.05) is 24.5 Å². The van der Waals surface area contributed by atoms with Crippen molar-refractivity contribution in [3.8, 4) is 5.75 Å². The molecule has 1 aliphatic carbocycles. The summed E-state index contributed by atoms with van der Waals surface area (Å²) in [7, 11) is 0. The maximum absolute atomic E-state index is 9.64. The zero-order valence-electron chi connectivity index (χ0n) is 11.4. The maximum Gasteiger partial charge on any atom is 0.115 e. The van der Waals surface area contributed by atoms with Crippen molar-refractivity contribution in [2.24, 2.45) is 5.73 Å². The molecule has 1 aliphatic rings. The van der Waals surface area contributed by atoms with E-state index >= 15 is 0 Å². The molecule has 0 bridgehead atoms. The molecule has 0 radical (unpaired) electrons. The first-order valence-electron chi connectivity index (χ1n) is 6.66. The average molecular weight is 249 g/mol. The van der Waals surface area contributed by atoms with Crippen molar-refractivity contribution in [2.45, 2.75) is 51.2 Å². The van der Waals surface area contributed by atoms with Crippen molar-refractivity contribution in [3.63, 3.8) is 0 Å². The minimum atomic E-state index is -0.176. The van der Waals surface area contributed by atoms with Crippen molar-refractivity contribution in [2.75, 3.05) is 6.61 Å². The van der Waals surface area contributed by atoms with Crippen LogP contribution in [0.3, 0.4) is 0 Å². The second kappa shape index (κ2) is 4.90. The number of nitrogens with two attached hydrogens (primary N) is 1. The highest BCUT2D eigenvalue weighted by Crippen LogP contribution is 2.38. The van der Waals surface area contributed by atoms with Crippen molar-refractivity contribution >= 4 is 0 Å². The van der Waals surface area contributed by atoms with Crippen LogP contribution in [0.15, 0.2) is 18.2 Å². The van der Waals surface area contributed by atoms with Crippen molar-refractivity contribution in [3.05, 3.63) is 29.3 Å². The minimum absolute atomic E-state index is 0.0432. The molecule has 0 saturated carbocycles. The van der Waals surface area contributed by atoms with Crippen LogP contribution in [0.5, 0.6) is 5.75 Å². The molecule has 0 amide bonds. The van der Waals surface area contributed by atoms with E-state index in [-0.39, 0.29) is 17.6 Å². The summed E-state index contributed by atoms with van der Waals surface area (Å²) in [5.41, 5.74) is 8.56. The molecule has 3 N–H and O–H groups in total. The van der Waals surface area contributed by atoms with Gasteiger partial charge in [-0.3, -0.25) is 0 Å². The van der Waals surface area contributed by atoms with E-state index in [4.69, 9.17) is 10.5 Å². The summed E-state index contributed by atoms with van der Waals surface area (Å²) in [6.07, 6.45) is 1.91. The zero-order chi connectivity index (χ0) is 13.3. The first-order chi connectivity index (χ1) is 8.46. The summed E-state index contributed by atoms with van der Waals surface area (Å²) in [5.74, 6) is 0.307. The number of ether oxygens (including phenoxy) is 1. The summed E-state index contributed by atoms with van der Waals surface area (Å²) >= 11 is 0. The molecule has 18 heavy (non-hydrogen) atoms. The zero-order valence-corrected chi connectivity index (χ0v) is 11.4. The number of aromatic hydroxyl groups is 1. The second-order valence-electron chi connectivity index (χ2n) is 5.70. The highest BCUT2D eigenvalue weighted by Gasteiger charge is 2.40. The molecule has 1 aromatic carbocycles. The van der Waals surface area contributed by atoms with E-state index in [2.05, 4.69) is 20.8 Å². The molecule has 2 rings (SSSR count). The number of hydrogen-bond acceptors (Lipinski definition) is 3. The van der Waals surface area contributed by atoms with Crippen LogP contribution in [0.25, 0.3) is 0 Å². The molecule has 0 spiro atoms. The van der Waals surface area contributed by atoms with E-state index in [1.807, 2.05) is 12.1 Å². The Morgan fingerprint density at radius 2 is 2.17 bits per heavy atom. The van der Waals surface area contributed by atoms with Gasteiger partial charge in [-0.05, 0) is 29.7 Å². The number of rotatable bonds is 3. The lowest BCUT2D eigenvalue weighted by molar-refractivity contribution is 0.0131. The van der Waals surface area contributed by atoms with Gasteiger partial charge in [0.25, 0.3) is 0 Å². The molecule has 100 valence electrons. The van der Waals surface area contributed by atoms with E-state index in [9.17, 15) is 5.11 Å². The van der Waals surface area contributed by atoms with Crippen LogP contribution in [0.1, 0.15) is 38.3 Å². The van der Waals surface area contributed by atoms with Gasteiger partial charge in [0.1, 0.15) is 5.75 Å². The molecular weight excluding hydrogens is 226 g/mol. The van der Waals surface area contributed by atoms with Crippen LogP contribution in [0.4, 0.5) is 0 Å². The molecule has 0 aromatic heterocycles. The largest absolute Gasteiger partial charge is 0.508 e. The van der Waals surface area contributed by atoms with Gasteiger partial charge >= 0.3 is 0 Å². The molecule has 0 heterocycles. The van der Waals surface area contributed by atoms with Crippen LogP contribution in [0.2, 0.25) is 0 Å². The molecule has 2 unspecified atom stereocenters. The van der Waals surface area contributed by atoms with Crippen molar-refractivity contribution < 1.29 is 9.84 Å². The number of phenols is 1. The van der Waals surface area contributed by atoms with E-state index in [0.29, 0.717) is 5.75 Å². The van der Waals surface area contributed by atoms with Crippen LogP contribution in [-0.4, -0.2) is 23.9 Å². The molecule has 3 nitrogen and oxygen atoms in total. The lowest BCUT2D eigenvalue weighted by Crippen LogP contribution is -2.54. The topological polar surface area (TPSA) is 55.5 Å². The molecule has 0 fully saturated rings. The van der Waals surface area contributed by atoms with Crippen molar-refractivity contribution in [1.82, 2.24) is 0 Å². The standard InChI is InChI=1S/C15H23NO2/c1-4-7-18-13-8-10-5-6-11(17)9-12(10)15(2,3)14(13)16/h5-6,9,13-14,17H,4,7-8,16H2,1-3H3. The van der Waals surface area contributed by atoms with Gasteiger partial charge in [0.05, 0.1) is 6.10 Å². The third-order valence-electron chi connectivity index (χ3n) is 3.98. The maximum atomic E-state index is 9.64. The summed E-state index contributed by atoms with van der Waals surface area (Å²) in [4.78, 5) is 0. The number of fused-ring (bicyclic) bond motifs is 1. The summed E-state index contributed by atoms with van der Waals surface area (Å²) in [6, 6.07) is 5.52. The second-order valence-corrected chi connectivity index (χ2v) is 5.70. The minimum Gasteiger partial charge on any atom is -0.508 e. The van der Waals surface area contributed by atoms with E-state index < -0.39 is 0 Å². The lowest BCUT2D eigenvalue weighted by atomic mass is 9.68. The Morgan fingerprint density at radius 3 is 2.83 bits per heavy atom. The summed E-state index contributed by atoms with van der Waals surface area (Å²) in [6.45, 7) is 7.10. The SMILES string of the molecule is CCCOC1Cc2ccc(O)cc2C(C)(C)C1N. The molecule has 0 saturated heterocycles. The highest BCUT2D eigenvalue weighted by atomic mass is 16.5. The highest BCUT2D eigenvalue weighted by molar-refractivity contribution is 5.43. The summed E-state index contributed by atoms with van der Waals surface area (Å²) < 4.78 is 5.88. The fourth-order valence-electron chi connectivity index (χ4n) is 2.76. The Labute approximate surface area is 109 Å². The van der Waals surface area contributed by atoms with Gasteiger partial charge in [0.2, 0.25) is 0 Å². The van der Waals surface area contributed by atoms with E-state index in [0.717, 1.165) is 25.0 Å². The van der Waals surface area contributed by atoms with Gasteiger partial charge < -0.3 is 15.6 Å². The lowest BCUT2D eigenvalue weighted by Gasteiger charge is -2.43. The fourth-order valence-corrected chi connectivity index (χ4v) is 2.76. The number of benzene rings is 1.